The molecule has 1 aromatic heterocycles. The van der Waals surface area contributed by atoms with E-state index in [2.05, 4.69) is 10.2 Å². The molecule has 1 aliphatic heterocycles. The molecule has 2 heterocycles. The smallest absolute Gasteiger partial charge is 0.338 e. The molecular weight excluding hydrogens is 339 g/mol. The van der Waals surface area contributed by atoms with E-state index < -0.39 is 11.7 Å². The lowest BCUT2D eigenvalue weighted by Gasteiger charge is -2.31. The number of piperidine rings is 1. The molecule has 1 aliphatic rings. The van der Waals surface area contributed by atoms with Crippen molar-refractivity contribution < 1.29 is 18.0 Å². The first-order chi connectivity index (χ1) is 11.3. The molecular formula is C16H16F3N3OS. The van der Waals surface area contributed by atoms with Crippen LogP contribution in [-0.2, 0) is 6.18 Å². The highest BCUT2D eigenvalue weighted by atomic mass is 32.1. The monoisotopic (exact) mass is 355 g/mol. The Morgan fingerprint density at radius 2 is 1.96 bits per heavy atom. The second-order valence-electron chi connectivity index (χ2n) is 5.82. The number of halogens is 3. The lowest BCUT2D eigenvalue weighted by molar-refractivity contribution is -0.137. The van der Waals surface area contributed by atoms with Crippen molar-refractivity contribution in [2.75, 3.05) is 13.1 Å². The Balaban J connectivity index is 1.72. The first kappa shape index (κ1) is 16.9. The average Bonchev–Trinajstić information content (AvgIpc) is 3.00. The molecule has 0 spiro atoms. The SMILES string of the molecule is Cc1nnc(C2CCCN(C(=O)c3ccc(C(F)(F)F)cc3)C2)s1. The van der Waals surface area contributed by atoms with Gasteiger partial charge in [0.05, 0.1) is 5.56 Å². The maximum atomic E-state index is 12.6. The first-order valence-corrected chi connectivity index (χ1v) is 8.43. The van der Waals surface area contributed by atoms with Crippen molar-refractivity contribution in [3.8, 4) is 0 Å². The zero-order valence-corrected chi connectivity index (χ0v) is 13.8. The molecule has 2 aromatic rings. The molecule has 128 valence electrons. The Bertz CT molecular complexity index is 727. The Morgan fingerprint density at radius 1 is 1.25 bits per heavy atom. The number of amides is 1. The molecule has 8 heteroatoms. The summed E-state index contributed by atoms with van der Waals surface area (Å²) in [7, 11) is 0. The normalized spacial score (nSPS) is 18.7. The van der Waals surface area contributed by atoms with Crippen molar-refractivity contribution in [2.24, 2.45) is 0 Å². The number of aromatic nitrogens is 2. The lowest BCUT2D eigenvalue weighted by atomic mass is 9.98. The Morgan fingerprint density at radius 3 is 2.54 bits per heavy atom. The largest absolute Gasteiger partial charge is 0.416 e. The van der Waals surface area contributed by atoms with E-state index in [9.17, 15) is 18.0 Å². The van der Waals surface area contributed by atoms with Gasteiger partial charge in [0.1, 0.15) is 10.0 Å². The van der Waals surface area contributed by atoms with Gasteiger partial charge in [-0.2, -0.15) is 13.2 Å². The molecule has 1 fully saturated rings. The summed E-state index contributed by atoms with van der Waals surface area (Å²) in [6, 6.07) is 4.37. The van der Waals surface area contributed by atoms with Crippen LogP contribution in [0.2, 0.25) is 0 Å². The van der Waals surface area contributed by atoms with E-state index in [1.807, 2.05) is 6.92 Å². The standard InChI is InChI=1S/C16H16F3N3OS/c1-10-20-21-14(24-10)12-3-2-8-22(9-12)15(23)11-4-6-13(7-5-11)16(17,18)19/h4-7,12H,2-3,8-9H2,1H3. The Hall–Kier alpha value is -1.96. The first-order valence-electron chi connectivity index (χ1n) is 7.61. The van der Waals surface area contributed by atoms with Crippen LogP contribution >= 0.6 is 11.3 Å². The summed E-state index contributed by atoms with van der Waals surface area (Å²) in [5, 5.41) is 9.96. The minimum absolute atomic E-state index is 0.142. The molecule has 0 radical (unpaired) electrons. The molecule has 1 amide bonds. The second-order valence-corrected chi connectivity index (χ2v) is 7.04. The third kappa shape index (κ3) is 3.58. The van der Waals surface area contributed by atoms with Gasteiger partial charge in [0, 0.05) is 24.6 Å². The predicted molar refractivity (Wildman–Crippen MR) is 84.0 cm³/mol. The van der Waals surface area contributed by atoms with Crippen molar-refractivity contribution in [3.63, 3.8) is 0 Å². The summed E-state index contributed by atoms with van der Waals surface area (Å²) in [4.78, 5) is 14.2. The van der Waals surface area contributed by atoms with E-state index in [4.69, 9.17) is 0 Å². The van der Waals surface area contributed by atoms with Crippen molar-refractivity contribution >= 4 is 17.2 Å². The van der Waals surface area contributed by atoms with Gasteiger partial charge >= 0.3 is 6.18 Å². The quantitative estimate of drug-likeness (QED) is 0.821. The van der Waals surface area contributed by atoms with Gasteiger partial charge in [-0.05, 0) is 44.0 Å². The van der Waals surface area contributed by atoms with Crippen LogP contribution in [0.15, 0.2) is 24.3 Å². The fraction of sp³-hybridized carbons (Fsp3) is 0.438. The number of benzene rings is 1. The number of rotatable bonds is 2. The summed E-state index contributed by atoms with van der Waals surface area (Å²) < 4.78 is 37.8. The molecule has 4 nitrogen and oxygen atoms in total. The van der Waals surface area contributed by atoms with Gasteiger partial charge in [0.2, 0.25) is 0 Å². The summed E-state index contributed by atoms with van der Waals surface area (Å²) in [5.74, 6) is -0.0991. The molecule has 0 aliphatic carbocycles. The molecule has 0 saturated carbocycles. The highest BCUT2D eigenvalue weighted by Gasteiger charge is 2.31. The summed E-state index contributed by atoms with van der Waals surface area (Å²) in [6.07, 6.45) is -2.62. The van der Waals surface area contributed by atoms with E-state index in [-0.39, 0.29) is 17.4 Å². The van der Waals surface area contributed by atoms with Gasteiger partial charge < -0.3 is 4.90 Å². The molecule has 0 bridgehead atoms. The minimum atomic E-state index is -4.40. The van der Waals surface area contributed by atoms with Crippen molar-refractivity contribution in [3.05, 3.63) is 45.4 Å². The van der Waals surface area contributed by atoms with Gasteiger partial charge in [-0.25, -0.2) is 0 Å². The Kier molecular flexibility index (Phi) is 4.58. The molecule has 1 aromatic carbocycles. The molecule has 24 heavy (non-hydrogen) atoms. The zero-order chi connectivity index (χ0) is 17.3. The highest BCUT2D eigenvalue weighted by molar-refractivity contribution is 7.11. The number of carbonyl (C=O) groups excluding carboxylic acids is 1. The third-order valence-corrected chi connectivity index (χ3v) is 5.06. The van der Waals surface area contributed by atoms with Crippen LogP contribution in [0.4, 0.5) is 13.2 Å². The minimum Gasteiger partial charge on any atom is -0.338 e. The topological polar surface area (TPSA) is 46.1 Å². The number of aryl methyl sites for hydroxylation is 1. The van der Waals surface area contributed by atoms with Crippen molar-refractivity contribution in [1.29, 1.82) is 0 Å². The number of hydrogen-bond acceptors (Lipinski definition) is 4. The van der Waals surface area contributed by atoms with Crippen LogP contribution in [0.5, 0.6) is 0 Å². The maximum Gasteiger partial charge on any atom is 0.416 e. The van der Waals surface area contributed by atoms with Gasteiger partial charge in [-0.3, -0.25) is 4.79 Å². The third-order valence-electron chi connectivity index (χ3n) is 4.06. The molecule has 3 rings (SSSR count). The molecule has 1 unspecified atom stereocenters. The zero-order valence-electron chi connectivity index (χ0n) is 13.0. The van der Waals surface area contributed by atoms with E-state index in [1.165, 1.54) is 23.5 Å². The van der Waals surface area contributed by atoms with Gasteiger partial charge in [-0.1, -0.05) is 0 Å². The van der Waals surface area contributed by atoms with Gasteiger partial charge in [0.15, 0.2) is 0 Å². The number of likely N-dealkylation sites (tertiary alicyclic amines) is 1. The fourth-order valence-electron chi connectivity index (χ4n) is 2.82. The van der Waals surface area contributed by atoms with Crippen LogP contribution in [0.1, 0.15) is 44.7 Å². The van der Waals surface area contributed by atoms with E-state index in [0.29, 0.717) is 13.1 Å². The van der Waals surface area contributed by atoms with E-state index in [1.54, 1.807) is 4.90 Å². The van der Waals surface area contributed by atoms with Gasteiger partial charge in [0.25, 0.3) is 5.91 Å². The van der Waals surface area contributed by atoms with Crippen LogP contribution < -0.4 is 0 Å². The molecule has 0 N–H and O–H groups in total. The van der Waals surface area contributed by atoms with E-state index >= 15 is 0 Å². The summed E-state index contributed by atoms with van der Waals surface area (Å²) in [5.41, 5.74) is -0.475. The van der Waals surface area contributed by atoms with Crippen LogP contribution in [0.25, 0.3) is 0 Å². The number of carbonyl (C=O) groups is 1. The summed E-state index contributed by atoms with van der Waals surface area (Å²) >= 11 is 1.52. The number of hydrogen-bond donors (Lipinski definition) is 0. The summed E-state index contributed by atoms with van der Waals surface area (Å²) in [6.45, 7) is 3.01. The van der Waals surface area contributed by atoms with Crippen LogP contribution in [-0.4, -0.2) is 34.1 Å². The molecule has 1 saturated heterocycles. The maximum absolute atomic E-state index is 12.6. The highest BCUT2D eigenvalue weighted by Crippen LogP contribution is 2.31. The van der Waals surface area contributed by atoms with Gasteiger partial charge in [-0.15, -0.1) is 21.5 Å². The fourth-order valence-corrected chi connectivity index (χ4v) is 3.65. The lowest BCUT2D eigenvalue weighted by Crippen LogP contribution is -2.39. The number of nitrogens with zero attached hydrogens (tertiary/aromatic N) is 3. The van der Waals surface area contributed by atoms with Crippen molar-refractivity contribution in [2.45, 2.75) is 31.9 Å². The van der Waals surface area contributed by atoms with Crippen molar-refractivity contribution in [1.82, 2.24) is 15.1 Å². The van der Waals surface area contributed by atoms with Crippen LogP contribution in [0.3, 0.4) is 0 Å². The Labute approximate surface area is 141 Å². The van der Waals surface area contributed by atoms with E-state index in [0.717, 1.165) is 35.0 Å². The average molecular weight is 355 g/mol. The second kappa shape index (κ2) is 6.51. The van der Waals surface area contributed by atoms with Crippen LogP contribution in [0, 0.1) is 6.92 Å². The predicted octanol–water partition coefficient (Wildman–Crippen LogP) is 3.89. The molecule has 1 atom stereocenters. The number of alkyl halides is 3.